The zero-order valence-corrected chi connectivity index (χ0v) is 48.5. The van der Waals surface area contributed by atoms with E-state index in [9.17, 15) is 24.0 Å². The van der Waals surface area contributed by atoms with E-state index in [-0.39, 0.29) is 34.2 Å². The van der Waals surface area contributed by atoms with Crippen molar-refractivity contribution in [1.82, 2.24) is 80.6 Å². The minimum absolute atomic E-state index is 0.0318. The number of thiazole rings is 1. The number of allylic oxidation sites excluding steroid dienone is 1. The minimum Gasteiger partial charge on any atom is -0.479 e. The molecule has 11 rings (SSSR count). The van der Waals surface area contributed by atoms with Crippen LogP contribution in [0.25, 0.3) is 0 Å². The SMILES string of the molecule is CC(=O)Nc1cccnc1.CC1=CN=CC1.CC1=NC(C)(C)CO1.Cc1ccc(=O)[nH]c1.Cc1cnc(=O)[nH]c1.Cc1cnc(NC(=O)c2ccncc2)s1.Cc1cncc(=O)[nH]1.Cc1cnccn1.Cc1ncon1.Cc1nn[nH]n1. The quantitative estimate of drug-likeness (QED) is 0.102. The summed E-state index contributed by atoms with van der Waals surface area (Å²) in [5.41, 5.74) is 6.00. The van der Waals surface area contributed by atoms with Crippen molar-refractivity contribution >= 4 is 46.1 Å². The van der Waals surface area contributed by atoms with E-state index in [1.807, 2.05) is 47.0 Å². The highest BCUT2D eigenvalue weighted by atomic mass is 32.1. The van der Waals surface area contributed by atoms with E-state index in [2.05, 4.69) is 127 Å². The maximum absolute atomic E-state index is 11.7. The van der Waals surface area contributed by atoms with E-state index in [4.69, 9.17) is 4.74 Å². The number of amides is 2. The number of hydrogen-bond donors (Lipinski definition) is 6. The second-order valence-corrected chi connectivity index (χ2v) is 18.6. The lowest BCUT2D eigenvalue weighted by molar-refractivity contribution is -0.114. The van der Waals surface area contributed by atoms with Gasteiger partial charge >= 0.3 is 5.69 Å². The molecule has 6 N–H and O–H groups in total. The van der Waals surface area contributed by atoms with Gasteiger partial charge in [0.05, 0.1) is 29.3 Å². The van der Waals surface area contributed by atoms with Gasteiger partial charge in [-0.3, -0.25) is 54.4 Å². The van der Waals surface area contributed by atoms with Crippen molar-refractivity contribution in [3.05, 3.63) is 211 Å². The summed E-state index contributed by atoms with van der Waals surface area (Å²) in [6.07, 6.45) is 27.0. The Hall–Kier alpha value is -10.2. The molecule has 0 aromatic carbocycles. The number of aromatic amines is 4. The monoisotopic (exact) mass is 1140 g/mol. The molecule has 0 radical (unpaired) electrons. The van der Waals surface area contributed by atoms with Gasteiger partial charge in [-0.25, -0.2) is 19.8 Å². The zero-order valence-electron chi connectivity index (χ0n) is 47.6. The molecule has 2 aliphatic rings. The summed E-state index contributed by atoms with van der Waals surface area (Å²) < 4.78 is 9.47. The number of hydrogen-bond acceptors (Lipinski definition) is 22. The lowest BCUT2D eigenvalue weighted by Crippen LogP contribution is -2.17. The number of nitrogens with one attached hydrogen (secondary N) is 6. The summed E-state index contributed by atoms with van der Waals surface area (Å²) in [4.78, 5) is 100. The Kier molecular flexibility index (Phi) is 32.4. The predicted molar refractivity (Wildman–Crippen MR) is 313 cm³/mol. The number of pyridine rings is 3. The Morgan fingerprint density at radius 1 is 0.695 bits per heavy atom. The number of carbonyl (C=O) groups excluding carboxylic acids is 2. The van der Waals surface area contributed by atoms with E-state index in [1.165, 1.54) is 48.7 Å². The summed E-state index contributed by atoms with van der Waals surface area (Å²) >= 11 is 1.45. The number of tetrazole rings is 1. The van der Waals surface area contributed by atoms with Gasteiger partial charge in [0.25, 0.3) is 11.5 Å². The van der Waals surface area contributed by atoms with Crippen molar-refractivity contribution in [3.63, 3.8) is 0 Å². The number of aryl methyl sites for hydroxylation is 7. The van der Waals surface area contributed by atoms with Gasteiger partial charge in [-0.15, -0.1) is 21.5 Å². The minimum atomic E-state index is -0.296. The van der Waals surface area contributed by atoms with Crippen LogP contribution in [0, 0.1) is 48.5 Å². The third-order valence-electron chi connectivity index (χ3n) is 8.82. The topological polar surface area (TPSA) is 374 Å². The number of carbonyl (C=O) groups is 2. The molecular weight excluding hydrogens is 1070 g/mol. The maximum atomic E-state index is 11.7. The summed E-state index contributed by atoms with van der Waals surface area (Å²) in [5, 5.41) is 22.1. The Balaban J connectivity index is 0.000000315. The first kappa shape index (κ1) is 67.9. The molecule has 0 spiro atoms. The van der Waals surface area contributed by atoms with Crippen LogP contribution in [-0.2, 0) is 9.53 Å². The highest BCUT2D eigenvalue weighted by Crippen LogP contribution is 2.17. The molecule has 0 unspecified atom stereocenters. The van der Waals surface area contributed by atoms with E-state index in [1.54, 1.807) is 119 Å². The van der Waals surface area contributed by atoms with Gasteiger partial charge in [0.1, 0.15) is 6.61 Å². The van der Waals surface area contributed by atoms with Crippen LogP contribution in [0.1, 0.15) is 90.4 Å². The molecule has 82 heavy (non-hydrogen) atoms. The first-order valence-electron chi connectivity index (χ1n) is 24.6. The second-order valence-electron chi connectivity index (χ2n) is 17.3. The molecule has 432 valence electrons. The Morgan fingerprint density at radius 2 is 1.44 bits per heavy atom. The molecule has 0 saturated heterocycles. The van der Waals surface area contributed by atoms with Crippen LogP contribution in [0.5, 0.6) is 0 Å². The van der Waals surface area contributed by atoms with Crippen molar-refractivity contribution < 1.29 is 18.8 Å². The van der Waals surface area contributed by atoms with E-state index < -0.39 is 0 Å². The smallest absolute Gasteiger partial charge is 0.344 e. The molecule has 28 heteroatoms. The summed E-state index contributed by atoms with van der Waals surface area (Å²) in [7, 11) is 0. The molecule has 0 fully saturated rings. The third-order valence-corrected chi connectivity index (χ3v) is 9.65. The van der Waals surface area contributed by atoms with Gasteiger partial charge in [0.2, 0.25) is 17.9 Å². The normalized spacial score (nSPS) is 11.4. The standard InChI is InChI=1S/C10H9N3OS.C7H8N2O.C6H11NO.C6H7NO.2C5H6N2O.C5H6N2.C5H7N.C3H4N2O.C2H4N4/c1-7-6-12-10(15-7)13-9(14)8-2-4-11-5-3-8;1-6(10)9-7-3-2-4-8-5-7;1-5-7-6(2,3)4-8-5;1-5-2-3-6(8)7-4-5;1-4-2-6-3-5(8)7-4;1-4-2-6-5(8)7-3-4;1-5-4-6-2-3-7-5;1-5-2-3-6-4-5;1-3-4-2-6-5-3;1-2-3-5-6-4-2/h2-6H,1H3,(H,12,13,14);2-5H,1H3,(H,9,10);4H2,1-3H3;2-4H,1H3,(H,7,8);2-3H,1H3,(H,7,8);2-3H,1H3,(H,6,7,8);2-4H,1H3;3-4H,2H2,1H3;2H,1H3;1H3,(H,3,4,5,6). The van der Waals surface area contributed by atoms with Crippen LogP contribution in [0.4, 0.5) is 10.8 Å². The van der Waals surface area contributed by atoms with Crippen molar-refractivity contribution in [2.24, 2.45) is 9.98 Å². The van der Waals surface area contributed by atoms with Crippen LogP contribution in [0.3, 0.4) is 0 Å². The molecule has 0 saturated carbocycles. The Bertz CT molecular complexity index is 3320. The molecule has 2 aliphatic heterocycles. The van der Waals surface area contributed by atoms with Crippen molar-refractivity contribution in [3.8, 4) is 0 Å². The van der Waals surface area contributed by atoms with Crippen LogP contribution in [-0.4, -0.2) is 117 Å². The number of H-pyrrole nitrogens is 4. The molecule has 9 aromatic rings. The fourth-order valence-electron chi connectivity index (χ4n) is 5.11. The van der Waals surface area contributed by atoms with Crippen molar-refractivity contribution in [2.45, 2.75) is 95.0 Å². The Labute approximate surface area is 477 Å². The lowest BCUT2D eigenvalue weighted by Gasteiger charge is -2.07. The second kappa shape index (κ2) is 39.2. The molecule has 0 aliphatic carbocycles. The molecule has 2 amide bonds. The average Bonchev–Trinajstić information content (AvgIpc) is 4.35. The summed E-state index contributed by atoms with van der Waals surface area (Å²) in [6.45, 7) is 23.2. The van der Waals surface area contributed by atoms with Crippen molar-refractivity contribution in [2.75, 3.05) is 17.2 Å². The Morgan fingerprint density at radius 3 is 1.79 bits per heavy atom. The van der Waals surface area contributed by atoms with Gasteiger partial charge in [-0.05, 0) is 110 Å². The van der Waals surface area contributed by atoms with Crippen LogP contribution in [0.2, 0.25) is 0 Å². The van der Waals surface area contributed by atoms with Gasteiger partial charge < -0.3 is 29.5 Å². The number of aromatic nitrogens is 16. The third kappa shape index (κ3) is 35.2. The van der Waals surface area contributed by atoms with Gasteiger partial charge in [-0.2, -0.15) is 10.2 Å². The molecule has 27 nitrogen and oxygen atoms in total. The highest BCUT2D eigenvalue weighted by molar-refractivity contribution is 7.15. The lowest BCUT2D eigenvalue weighted by atomic mass is 10.1. The average molecular weight is 1140 g/mol. The van der Waals surface area contributed by atoms with E-state index in [0.29, 0.717) is 22.3 Å². The van der Waals surface area contributed by atoms with Crippen LogP contribution >= 0.6 is 11.3 Å². The first-order valence-corrected chi connectivity index (χ1v) is 25.4. The predicted octanol–water partition coefficient (Wildman–Crippen LogP) is 7.23. The van der Waals surface area contributed by atoms with E-state index >= 15 is 0 Å². The fourth-order valence-corrected chi connectivity index (χ4v) is 5.77. The number of ether oxygens (including phenoxy) is 1. The zero-order chi connectivity index (χ0) is 60.5. The van der Waals surface area contributed by atoms with Gasteiger partial charge in [-0.1, -0.05) is 16.4 Å². The number of aliphatic imine (C=N–C) groups is 2. The molecule has 11 heterocycles. The molecule has 0 bridgehead atoms. The summed E-state index contributed by atoms with van der Waals surface area (Å²) in [6, 6.07) is 10.2. The summed E-state index contributed by atoms with van der Waals surface area (Å²) in [5.74, 6) is 1.93. The van der Waals surface area contributed by atoms with E-state index in [0.717, 1.165) is 52.0 Å². The molecule has 9 aromatic heterocycles. The van der Waals surface area contributed by atoms with Gasteiger partial charge in [0, 0.05) is 123 Å². The number of anilines is 2. The fraction of sp³-hybridized carbons (Fsp3) is 0.278. The first-order chi connectivity index (χ1) is 39.1. The van der Waals surface area contributed by atoms with Gasteiger partial charge in [0.15, 0.2) is 22.7 Å². The van der Waals surface area contributed by atoms with Crippen LogP contribution in [0.15, 0.2) is 164 Å². The number of nitrogens with zero attached hydrogens (tertiary/aromatic N) is 14. The maximum Gasteiger partial charge on any atom is 0.344 e. The van der Waals surface area contributed by atoms with Crippen LogP contribution < -0.4 is 27.4 Å². The van der Waals surface area contributed by atoms with Crippen molar-refractivity contribution in [1.29, 1.82) is 0 Å². The molecule has 0 atom stereocenters. The molecular formula is C54H68N20O7S. The highest BCUT2D eigenvalue weighted by Gasteiger charge is 2.23. The largest absolute Gasteiger partial charge is 0.479 e. The number of rotatable bonds is 3.